The fourth-order valence-electron chi connectivity index (χ4n) is 2.63. The van der Waals surface area contributed by atoms with Gasteiger partial charge in [-0.25, -0.2) is 0 Å². The quantitative estimate of drug-likeness (QED) is 0.690. The normalized spacial score (nSPS) is 23.9. The highest BCUT2D eigenvalue weighted by Gasteiger charge is 2.19. The molecule has 1 aliphatic heterocycles. The number of likely N-dealkylation sites (tertiary alicyclic amines) is 1. The smallest absolute Gasteiger partial charge is 0.304 e. The van der Waals surface area contributed by atoms with Crippen molar-refractivity contribution >= 4 is 5.97 Å². The molecule has 0 aromatic heterocycles. The average Bonchev–Trinajstić information content (AvgIpc) is 2.14. The first-order valence-corrected chi connectivity index (χ1v) is 6.32. The molecule has 1 aliphatic rings. The van der Waals surface area contributed by atoms with Gasteiger partial charge in [0.25, 0.3) is 0 Å². The van der Waals surface area contributed by atoms with Crippen molar-refractivity contribution in [2.45, 2.75) is 25.3 Å². The second-order valence-electron chi connectivity index (χ2n) is 5.35. The Kier molecular flexibility index (Phi) is 5.88. The molecule has 2 unspecified atom stereocenters. The molecule has 0 saturated carbocycles. The maximum atomic E-state index is 10.5. The van der Waals surface area contributed by atoms with Crippen LogP contribution in [0.1, 0.15) is 19.3 Å². The highest BCUT2D eigenvalue weighted by atomic mass is 16.4. The lowest BCUT2D eigenvalue weighted by atomic mass is 9.98. The molecular weight excluding hydrogens is 218 g/mol. The second kappa shape index (κ2) is 6.93. The molecule has 0 radical (unpaired) electrons. The number of carboxylic acids is 1. The summed E-state index contributed by atoms with van der Waals surface area (Å²) in [4.78, 5) is 15.0. The lowest BCUT2D eigenvalue weighted by molar-refractivity contribution is -0.137. The number of rotatable bonds is 6. The summed E-state index contributed by atoms with van der Waals surface area (Å²) in [5.74, 6) is -0.126. The standard InChI is InChI=1S/C12H25N3O2/c1-14-5-3-4-10(7-14)8-15(2)9-11(13)6-12(16)17/h10-11H,3-9,13H2,1-2H3,(H,16,17). The third kappa shape index (κ3) is 6.00. The van der Waals surface area contributed by atoms with Gasteiger partial charge in [-0.1, -0.05) is 0 Å². The SMILES string of the molecule is CN1CCCC(CN(C)CC(N)CC(=O)O)C1. The first-order chi connectivity index (χ1) is 7.97. The lowest BCUT2D eigenvalue weighted by Crippen LogP contribution is -2.42. The van der Waals surface area contributed by atoms with Crippen LogP contribution in [0.25, 0.3) is 0 Å². The minimum absolute atomic E-state index is 0.0505. The summed E-state index contributed by atoms with van der Waals surface area (Å²) in [7, 11) is 4.18. The predicted molar refractivity (Wildman–Crippen MR) is 67.9 cm³/mol. The van der Waals surface area contributed by atoms with Crippen molar-refractivity contribution in [2.24, 2.45) is 11.7 Å². The predicted octanol–water partition coefficient (Wildman–Crippen LogP) is 0.0620. The first-order valence-electron chi connectivity index (χ1n) is 6.32. The van der Waals surface area contributed by atoms with Crippen molar-refractivity contribution in [3.05, 3.63) is 0 Å². The van der Waals surface area contributed by atoms with Gasteiger partial charge in [-0.15, -0.1) is 0 Å². The number of likely N-dealkylation sites (N-methyl/N-ethyl adjacent to an activating group) is 1. The van der Waals surface area contributed by atoms with Crippen LogP contribution in [-0.4, -0.2) is 67.2 Å². The lowest BCUT2D eigenvalue weighted by Gasteiger charge is -2.33. The van der Waals surface area contributed by atoms with Crippen LogP contribution in [0.3, 0.4) is 0 Å². The number of nitrogens with two attached hydrogens (primary N) is 1. The fraction of sp³-hybridized carbons (Fsp3) is 0.917. The van der Waals surface area contributed by atoms with E-state index in [-0.39, 0.29) is 12.5 Å². The zero-order chi connectivity index (χ0) is 12.8. The number of piperidine rings is 1. The molecule has 100 valence electrons. The van der Waals surface area contributed by atoms with Gasteiger partial charge < -0.3 is 20.6 Å². The Morgan fingerprint density at radius 3 is 2.94 bits per heavy atom. The Balaban J connectivity index is 2.23. The molecular formula is C12H25N3O2. The monoisotopic (exact) mass is 243 g/mol. The van der Waals surface area contributed by atoms with Crippen molar-refractivity contribution in [3.8, 4) is 0 Å². The van der Waals surface area contributed by atoms with Crippen LogP contribution in [0.4, 0.5) is 0 Å². The van der Waals surface area contributed by atoms with Crippen LogP contribution in [0.5, 0.6) is 0 Å². The Hall–Kier alpha value is -0.650. The van der Waals surface area contributed by atoms with Crippen LogP contribution in [0.2, 0.25) is 0 Å². The van der Waals surface area contributed by atoms with Crippen LogP contribution in [0.15, 0.2) is 0 Å². The van der Waals surface area contributed by atoms with Crippen LogP contribution < -0.4 is 5.73 Å². The van der Waals surface area contributed by atoms with Crippen molar-refractivity contribution in [1.29, 1.82) is 0 Å². The van der Waals surface area contributed by atoms with E-state index in [0.29, 0.717) is 12.5 Å². The third-order valence-corrected chi connectivity index (χ3v) is 3.27. The molecule has 1 heterocycles. The molecule has 3 N–H and O–H groups in total. The minimum atomic E-state index is -0.816. The van der Waals surface area contributed by atoms with Crippen LogP contribution in [-0.2, 0) is 4.79 Å². The zero-order valence-electron chi connectivity index (χ0n) is 10.9. The minimum Gasteiger partial charge on any atom is -0.481 e. The van der Waals surface area contributed by atoms with E-state index in [2.05, 4.69) is 16.8 Å². The van der Waals surface area contributed by atoms with E-state index in [1.165, 1.54) is 19.4 Å². The van der Waals surface area contributed by atoms with Crippen LogP contribution in [0, 0.1) is 5.92 Å². The summed E-state index contributed by atoms with van der Waals surface area (Å²) < 4.78 is 0. The topological polar surface area (TPSA) is 69.8 Å². The first kappa shape index (κ1) is 14.4. The summed E-state index contributed by atoms with van der Waals surface area (Å²) >= 11 is 0. The number of aliphatic carboxylic acids is 1. The molecule has 2 atom stereocenters. The maximum absolute atomic E-state index is 10.5. The van der Waals surface area contributed by atoms with Crippen molar-refractivity contribution < 1.29 is 9.90 Å². The third-order valence-electron chi connectivity index (χ3n) is 3.27. The Labute approximate surface area is 104 Å². The van der Waals surface area contributed by atoms with Crippen LogP contribution >= 0.6 is 0 Å². The van der Waals surface area contributed by atoms with Gasteiger partial charge in [-0.3, -0.25) is 4.79 Å². The summed E-state index contributed by atoms with van der Waals surface area (Å²) in [6.45, 7) is 4.00. The highest BCUT2D eigenvalue weighted by Crippen LogP contribution is 2.15. The van der Waals surface area contributed by atoms with E-state index < -0.39 is 5.97 Å². The number of carboxylic acid groups (broad SMARTS) is 1. The molecule has 5 heteroatoms. The van der Waals surface area contributed by atoms with E-state index in [4.69, 9.17) is 10.8 Å². The fourth-order valence-corrected chi connectivity index (χ4v) is 2.63. The van der Waals surface area contributed by atoms with Gasteiger partial charge in [0.2, 0.25) is 0 Å². The van der Waals surface area contributed by atoms with E-state index in [0.717, 1.165) is 13.1 Å². The number of hydrogen-bond donors (Lipinski definition) is 2. The van der Waals surface area contributed by atoms with Crippen molar-refractivity contribution in [2.75, 3.05) is 40.3 Å². The Morgan fingerprint density at radius 1 is 1.65 bits per heavy atom. The molecule has 0 spiro atoms. The molecule has 5 nitrogen and oxygen atoms in total. The van der Waals surface area contributed by atoms with Gasteiger partial charge in [-0.2, -0.15) is 0 Å². The van der Waals surface area contributed by atoms with E-state index in [9.17, 15) is 4.79 Å². The summed E-state index contributed by atoms with van der Waals surface area (Å²) in [6.07, 6.45) is 2.58. The van der Waals surface area contributed by atoms with E-state index in [1.807, 2.05) is 7.05 Å². The summed E-state index contributed by atoms with van der Waals surface area (Å²) in [5, 5.41) is 8.65. The summed E-state index contributed by atoms with van der Waals surface area (Å²) in [5.41, 5.74) is 5.78. The molecule has 1 rings (SSSR count). The van der Waals surface area contributed by atoms with Crippen molar-refractivity contribution in [3.63, 3.8) is 0 Å². The van der Waals surface area contributed by atoms with Gasteiger partial charge >= 0.3 is 5.97 Å². The molecule has 0 aliphatic carbocycles. The Morgan fingerprint density at radius 2 is 2.35 bits per heavy atom. The van der Waals surface area contributed by atoms with Crippen molar-refractivity contribution in [1.82, 2.24) is 9.80 Å². The van der Waals surface area contributed by atoms with Gasteiger partial charge in [-0.05, 0) is 39.4 Å². The molecule has 0 aromatic carbocycles. The van der Waals surface area contributed by atoms with E-state index in [1.54, 1.807) is 0 Å². The van der Waals surface area contributed by atoms with Gasteiger partial charge in [0.1, 0.15) is 0 Å². The molecule has 1 fully saturated rings. The maximum Gasteiger partial charge on any atom is 0.304 e. The zero-order valence-corrected chi connectivity index (χ0v) is 10.9. The Bertz CT molecular complexity index is 248. The number of carbonyl (C=O) groups is 1. The molecule has 1 saturated heterocycles. The van der Waals surface area contributed by atoms with Gasteiger partial charge in [0.15, 0.2) is 0 Å². The molecule has 0 amide bonds. The summed E-state index contributed by atoms with van der Waals surface area (Å²) in [6, 6.07) is -0.265. The number of hydrogen-bond acceptors (Lipinski definition) is 4. The van der Waals surface area contributed by atoms with Gasteiger partial charge in [0.05, 0.1) is 6.42 Å². The second-order valence-corrected chi connectivity index (χ2v) is 5.35. The van der Waals surface area contributed by atoms with E-state index >= 15 is 0 Å². The van der Waals surface area contributed by atoms with Gasteiger partial charge in [0, 0.05) is 25.7 Å². The molecule has 17 heavy (non-hydrogen) atoms. The largest absolute Gasteiger partial charge is 0.481 e. The molecule has 0 aromatic rings. The average molecular weight is 243 g/mol. The number of nitrogens with zero attached hydrogens (tertiary/aromatic N) is 2. The highest BCUT2D eigenvalue weighted by molar-refractivity contribution is 5.67. The molecule has 0 bridgehead atoms.